The standard InChI is InChI=1S/C40H58O6/c1-25-11-9-13-27(3)23-33-31(19-21-39(7)35(43-39)17-15-25)29(5)37(41-33)45-46-38-30(6)32-20-22-40(8)36(44-40)18-16-26(2)12-10-14-28(4)24-34(32)42-38/h11-12,23-24,33-38H,9-10,13-22H2,1-8H3/b25-11+,26-12+,27-23+,28-24+/t33-,34-,35+,36+,37-,38+,39+,40+/m0/s1. The summed E-state index contributed by atoms with van der Waals surface area (Å²) in [4.78, 5) is 12.2. The van der Waals surface area contributed by atoms with Crippen LogP contribution < -0.4 is 0 Å². The molecule has 254 valence electrons. The maximum absolute atomic E-state index is 6.55. The Labute approximate surface area is 277 Å². The van der Waals surface area contributed by atoms with E-state index in [0.717, 1.165) is 88.2 Å². The quantitative estimate of drug-likeness (QED) is 0.133. The summed E-state index contributed by atoms with van der Waals surface area (Å²) in [5, 5.41) is 0. The molecule has 0 saturated carbocycles. The summed E-state index contributed by atoms with van der Waals surface area (Å²) in [5.74, 6) is 0. The fourth-order valence-electron chi connectivity index (χ4n) is 7.85. The number of ether oxygens (including phenoxy) is 4. The average Bonchev–Trinajstić information content (AvgIpc) is 3.78. The summed E-state index contributed by atoms with van der Waals surface area (Å²) in [5.41, 5.74) is 10.3. The number of hydrogen-bond acceptors (Lipinski definition) is 6. The van der Waals surface area contributed by atoms with Gasteiger partial charge >= 0.3 is 0 Å². The Bertz CT molecular complexity index is 1240. The Morgan fingerprint density at radius 2 is 0.978 bits per heavy atom. The van der Waals surface area contributed by atoms with Crippen molar-refractivity contribution in [3.8, 4) is 0 Å². The summed E-state index contributed by atoms with van der Waals surface area (Å²) in [6, 6.07) is 0. The number of allylic oxidation sites excluding steroid dienone is 6. The van der Waals surface area contributed by atoms with Gasteiger partial charge in [-0.15, -0.1) is 0 Å². The van der Waals surface area contributed by atoms with Gasteiger partial charge in [-0.25, -0.2) is 0 Å². The van der Waals surface area contributed by atoms with Gasteiger partial charge < -0.3 is 18.9 Å². The maximum Gasteiger partial charge on any atom is 0.214 e. The zero-order valence-electron chi connectivity index (χ0n) is 29.7. The molecule has 2 aliphatic carbocycles. The number of rotatable bonds is 3. The average molecular weight is 635 g/mol. The van der Waals surface area contributed by atoms with Crippen LogP contribution in [0.5, 0.6) is 0 Å². The highest BCUT2D eigenvalue weighted by atomic mass is 17.2. The molecule has 8 atom stereocenters. The minimum absolute atomic E-state index is 0.0530. The van der Waals surface area contributed by atoms with E-state index in [4.69, 9.17) is 28.7 Å². The van der Waals surface area contributed by atoms with E-state index in [0.29, 0.717) is 12.2 Å². The van der Waals surface area contributed by atoms with Crippen molar-refractivity contribution in [1.82, 2.24) is 0 Å². The van der Waals surface area contributed by atoms with Crippen molar-refractivity contribution in [1.29, 1.82) is 0 Å². The molecule has 6 nitrogen and oxygen atoms in total. The number of hydrogen-bond donors (Lipinski definition) is 0. The molecule has 0 aromatic rings. The van der Waals surface area contributed by atoms with E-state index in [2.05, 4.69) is 79.7 Å². The van der Waals surface area contributed by atoms with Crippen LogP contribution in [0.25, 0.3) is 0 Å². The van der Waals surface area contributed by atoms with Gasteiger partial charge in [0, 0.05) is 0 Å². The molecular weight excluding hydrogens is 576 g/mol. The lowest BCUT2D eigenvalue weighted by atomic mass is 9.90. The summed E-state index contributed by atoms with van der Waals surface area (Å²) in [6.07, 6.45) is 21.0. The highest BCUT2D eigenvalue weighted by Gasteiger charge is 2.52. The third-order valence-corrected chi connectivity index (χ3v) is 11.6. The molecule has 0 radical (unpaired) electrons. The highest BCUT2D eigenvalue weighted by Crippen LogP contribution is 2.47. The van der Waals surface area contributed by atoms with E-state index in [1.807, 2.05) is 0 Å². The third-order valence-electron chi connectivity index (χ3n) is 11.6. The van der Waals surface area contributed by atoms with E-state index >= 15 is 0 Å². The van der Waals surface area contributed by atoms with Crippen molar-refractivity contribution in [2.24, 2.45) is 0 Å². The van der Waals surface area contributed by atoms with Crippen LogP contribution in [0, 0.1) is 0 Å². The van der Waals surface area contributed by atoms with E-state index in [-0.39, 0.29) is 23.4 Å². The minimum Gasteiger partial charge on any atom is -0.366 e. The van der Waals surface area contributed by atoms with Crippen molar-refractivity contribution in [3.05, 3.63) is 68.9 Å². The Balaban J connectivity index is 1.15. The van der Waals surface area contributed by atoms with Gasteiger partial charge in [-0.3, -0.25) is 0 Å². The third kappa shape index (κ3) is 7.90. The van der Waals surface area contributed by atoms with Gasteiger partial charge in [-0.05, 0) is 155 Å². The van der Waals surface area contributed by atoms with Crippen LogP contribution in [-0.2, 0) is 28.7 Å². The van der Waals surface area contributed by atoms with Crippen molar-refractivity contribution in [2.75, 3.05) is 0 Å². The van der Waals surface area contributed by atoms with Crippen molar-refractivity contribution < 1.29 is 28.7 Å². The van der Waals surface area contributed by atoms with Crippen LogP contribution in [-0.4, -0.2) is 48.2 Å². The molecule has 2 fully saturated rings. The lowest BCUT2D eigenvalue weighted by molar-refractivity contribution is -0.415. The highest BCUT2D eigenvalue weighted by molar-refractivity contribution is 5.32. The van der Waals surface area contributed by atoms with E-state index in [9.17, 15) is 0 Å². The Kier molecular flexibility index (Phi) is 10.4. The smallest absolute Gasteiger partial charge is 0.214 e. The zero-order chi connectivity index (χ0) is 32.6. The molecule has 6 aliphatic rings. The van der Waals surface area contributed by atoms with Crippen LogP contribution in [0.3, 0.4) is 0 Å². The van der Waals surface area contributed by atoms with Crippen LogP contribution >= 0.6 is 0 Å². The van der Waals surface area contributed by atoms with Crippen molar-refractivity contribution in [3.63, 3.8) is 0 Å². The van der Waals surface area contributed by atoms with Crippen LogP contribution in [0.4, 0.5) is 0 Å². The second-order valence-corrected chi connectivity index (χ2v) is 15.5. The first-order chi connectivity index (χ1) is 21.9. The largest absolute Gasteiger partial charge is 0.366 e. The molecule has 2 saturated heterocycles. The first-order valence-corrected chi connectivity index (χ1v) is 18.0. The Morgan fingerprint density at radius 1 is 0.565 bits per heavy atom. The fourth-order valence-corrected chi connectivity index (χ4v) is 7.85. The van der Waals surface area contributed by atoms with Gasteiger partial charge in [0.25, 0.3) is 0 Å². The predicted molar refractivity (Wildman–Crippen MR) is 182 cm³/mol. The fraction of sp³-hybridized carbons (Fsp3) is 0.700. The zero-order valence-corrected chi connectivity index (χ0v) is 29.7. The molecule has 6 heteroatoms. The van der Waals surface area contributed by atoms with Gasteiger partial charge in [-0.1, -0.05) is 46.6 Å². The molecule has 0 unspecified atom stereocenters. The first-order valence-electron chi connectivity index (χ1n) is 18.0. The molecule has 46 heavy (non-hydrogen) atoms. The van der Waals surface area contributed by atoms with Gasteiger partial charge in [0.05, 0.1) is 23.4 Å². The predicted octanol–water partition coefficient (Wildman–Crippen LogP) is 9.83. The van der Waals surface area contributed by atoms with Gasteiger partial charge in [0.2, 0.25) is 12.6 Å². The van der Waals surface area contributed by atoms with Crippen LogP contribution in [0.1, 0.15) is 132 Å². The molecule has 4 heterocycles. The molecule has 0 spiro atoms. The monoisotopic (exact) mass is 634 g/mol. The lowest BCUT2D eigenvalue weighted by Crippen LogP contribution is -2.23. The molecule has 0 bridgehead atoms. The van der Waals surface area contributed by atoms with Gasteiger partial charge in [0.15, 0.2) is 0 Å². The molecule has 4 aliphatic heterocycles. The topological polar surface area (TPSA) is 62.0 Å². The van der Waals surface area contributed by atoms with E-state index in [1.165, 1.54) is 33.4 Å². The molecule has 0 N–H and O–H groups in total. The Hall–Kier alpha value is -1.80. The van der Waals surface area contributed by atoms with Crippen LogP contribution in [0.2, 0.25) is 0 Å². The van der Waals surface area contributed by atoms with Gasteiger partial charge in [0.1, 0.15) is 12.2 Å². The van der Waals surface area contributed by atoms with Crippen molar-refractivity contribution >= 4 is 0 Å². The second-order valence-electron chi connectivity index (χ2n) is 15.5. The molecule has 6 rings (SSSR count). The van der Waals surface area contributed by atoms with Crippen LogP contribution in [0.15, 0.2) is 68.9 Å². The summed E-state index contributed by atoms with van der Waals surface area (Å²) in [7, 11) is 0. The van der Waals surface area contributed by atoms with Gasteiger partial charge in [-0.2, -0.15) is 9.78 Å². The molecular formula is C40H58O6. The number of fused-ring (bicyclic) bond motifs is 4. The normalized spacial score (nSPS) is 44.0. The summed E-state index contributed by atoms with van der Waals surface area (Å²) < 4.78 is 25.5. The van der Waals surface area contributed by atoms with E-state index in [1.54, 1.807) is 0 Å². The summed E-state index contributed by atoms with van der Waals surface area (Å²) >= 11 is 0. The Morgan fingerprint density at radius 3 is 1.39 bits per heavy atom. The molecule has 0 aromatic carbocycles. The minimum atomic E-state index is -0.571. The summed E-state index contributed by atoms with van der Waals surface area (Å²) in [6.45, 7) is 17.7. The molecule has 0 aromatic heterocycles. The molecule has 0 amide bonds. The first kappa shape index (κ1) is 34.1. The lowest BCUT2D eigenvalue weighted by Gasteiger charge is -2.19. The van der Waals surface area contributed by atoms with Crippen molar-refractivity contribution in [2.45, 2.75) is 181 Å². The number of epoxide rings is 2. The SMILES string of the molecule is CC1=C2CC[C@@]3(C)O[C@@H]3CC/C(C)=C/CC/C(C)=C/[C@@H]2O[C@H]1OO[C@H]1O[C@H]2/C=C(\C)CC/C=C(\C)CC[C@H]3O[C@]3(C)CCC2=C1C. The second kappa shape index (κ2) is 14.0. The maximum atomic E-state index is 6.55. The van der Waals surface area contributed by atoms with E-state index < -0.39 is 12.6 Å².